The average molecular weight is 507 g/mol. The SMILES string of the molecule is CCCCc1ccc(N[S+]([O-])c2ccc(C)c(C(=O)N3CCN(c4ccccc4OC)CC3)n2)cc1. The molecule has 1 atom stereocenters. The van der Waals surface area contributed by atoms with Gasteiger partial charge in [-0.2, -0.15) is 4.98 Å². The van der Waals surface area contributed by atoms with E-state index in [9.17, 15) is 9.35 Å². The molecule has 2 heterocycles. The molecule has 0 saturated carbocycles. The smallest absolute Gasteiger partial charge is 0.273 e. The minimum absolute atomic E-state index is 0.133. The van der Waals surface area contributed by atoms with Crippen molar-refractivity contribution in [3.8, 4) is 5.75 Å². The molecule has 1 aromatic heterocycles. The van der Waals surface area contributed by atoms with Crippen LogP contribution >= 0.6 is 0 Å². The number of piperazine rings is 1. The molecule has 1 aliphatic heterocycles. The number of aromatic nitrogens is 1. The van der Waals surface area contributed by atoms with Crippen LogP contribution < -0.4 is 14.4 Å². The predicted molar refractivity (Wildman–Crippen MR) is 145 cm³/mol. The van der Waals surface area contributed by atoms with Gasteiger partial charge in [-0.3, -0.25) is 4.79 Å². The van der Waals surface area contributed by atoms with E-state index in [1.807, 2.05) is 54.3 Å². The van der Waals surface area contributed by atoms with Gasteiger partial charge in [0.1, 0.15) is 22.8 Å². The molecule has 0 aliphatic carbocycles. The van der Waals surface area contributed by atoms with Crippen molar-refractivity contribution >= 4 is 28.6 Å². The molecule has 1 saturated heterocycles. The Morgan fingerprint density at radius 2 is 1.78 bits per heavy atom. The van der Waals surface area contributed by atoms with Gasteiger partial charge in [0.05, 0.1) is 18.5 Å². The Hall–Kier alpha value is -3.23. The second kappa shape index (κ2) is 12.1. The predicted octanol–water partition coefficient (Wildman–Crippen LogP) is 4.84. The van der Waals surface area contributed by atoms with Crippen molar-refractivity contribution in [3.05, 3.63) is 77.5 Å². The first-order valence-electron chi connectivity index (χ1n) is 12.4. The summed E-state index contributed by atoms with van der Waals surface area (Å²) in [6, 6.07) is 19.4. The van der Waals surface area contributed by atoms with Gasteiger partial charge in [0.25, 0.3) is 10.9 Å². The van der Waals surface area contributed by atoms with Gasteiger partial charge in [0.2, 0.25) is 0 Å². The van der Waals surface area contributed by atoms with Gasteiger partial charge >= 0.3 is 0 Å². The first kappa shape index (κ1) is 25.9. The molecule has 2 aromatic carbocycles. The third-order valence-electron chi connectivity index (χ3n) is 6.44. The Kier molecular flexibility index (Phi) is 8.72. The number of nitrogens with zero attached hydrogens (tertiary/aromatic N) is 3. The van der Waals surface area contributed by atoms with Crippen molar-refractivity contribution in [1.29, 1.82) is 0 Å². The van der Waals surface area contributed by atoms with Gasteiger partial charge in [-0.05, 0) is 55.2 Å². The quantitative estimate of drug-likeness (QED) is 0.419. The van der Waals surface area contributed by atoms with Gasteiger partial charge in [-0.25, -0.2) is 4.72 Å². The van der Waals surface area contributed by atoms with Crippen LogP contribution in [0, 0.1) is 6.92 Å². The zero-order chi connectivity index (χ0) is 25.5. The second-order valence-corrected chi connectivity index (χ2v) is 10.1. The molecule has 190 valence electrons. The van der Waals surface area contributed by atoms with Crippen molar-refractivity contribution in [2.45, 2.75) is 38.1 Å². The van der Waals surface area contributed by atoms with Gasteiger partial charge in [-0.15, -0.1) is 0 Å². The lowest BCUT2D eigenvalue weighted by molar-refractivity contribution is 0.0739. The fourth-order valence-corrected chi connectivity index (χ4v) is 5.12. The topological polar surface area (TPSA) is 80.8 Å². The molecule has 36 heavy (non-hydrogen) atoms. The number of hydrogen-bond donors (Lipinski definition) is 1. The number of amides is 1. The maximum Gasteiger partial charge on any atom is 0.273 e. The van der Waals surface area contributed by atoms with E-state index in [-0.39, 0.29) is 5.91 Å². The fraction of sp³-hybridized carbons (Fsp3) is 0.357. The largest absolute Gasteiger partial charge is 0.587 e. The number of carbonyl (C=O) groups excluding carboxylic acids is 1. The number of carbonyl (C=O) groups is 1. The van der Waals surface area contributed by atoms with Crippen LogP contribution in [0.5, 0.6) is 5.75 Å². The maximum atomic E-state index is 13.3. The highest BCUT2D eigenvalue weighted by molar-refractivity contribution is 7.92. The number of rotatable bonds is 9. The minimum atomic E-state index is -1.57. The summed E-state index contributed by atoms with van der Waals surface area (Å²) in [4.78, 5) is 21.9. The molecule has 0 bridgehead atoms. The monoisotopic (exact) mass is 506 g/mol. The van der Waals surface area contributed by atoms with E-state index < -0.39 is 11.4 Å². The molecule has 1 unspecified atom stereocenters. The van der Waals surface area contributed by atoms with Crippen LogP contribution in [0.2, 0.25) is 0 Å². The summed E-state index contributed by atoms with van der Waals surface area (Å²) in [7, 11) is 1.67. The van der Waals surface area contributed by atoms with E-state index in [2.05, 4.69) is 33.7 Å². The number of nitrogens with one attached hydrogen (secondary N) is 1. The zero-order valence-electron chi connectivity index (χ0n) is 21.2. The van der Waals surface area contributed by atoms with Crippen molar-refractivity contribution in [2.75, 3.05) is 42.9 Å². The summed E-state index contributed by atoms with van der Waals surface area (Å²) >= 11 is -1.57. The van der Waals surface area contributed by atoms with Crippen molar-refractivity contribution in [1.82, 2.24) is 9.88 Å². The average Bonchev–Trinajstić information content (AvgIpc) is 2.92. The van der Waals surface area contributed by atoms with Crippen LogP contribution in [0.3, 0.4) is 0 Å². The summed E-state index contributed by atoms with van der Waals surface area (Å²) in [5, 5.41) is 0.340. The van der Waals surface area contributed by atoms with Crippen LogP contribution in [0.1, 0.15) is 41.4 Å². The fourth-order valence-electron chi connectivity index (χ4n) is 4.30. The molecule has 8 heteroatoms. The number of unbranched alkanes of at least 4 members (excludes halogenated alkanes) is 1. The van der Waals surface area contributed by atoms with E-state index in [1.54, 1.807) is 13.2 Å². The molecule has 1 amide bonds. The van der Waals surface area contributed by atoms with Gasteiger partial charge in [0, 0.05) is 32.2 Å². The third kappa shape index (κ3) is 6.12. The molecule has 1 N–H and O–H groups in total. The number of ether oxygens (including phenoxy) is 1. The van der Waals surface area contributed by atoms with Crippen molar-refractivity contribution in [3.63, 3.8) is 0 Å². The molecule has 7 nitrogen and oxygen atoms in total. The number of anilines is 2. The highest BCUT2D eigenvalue weighted by Gasteiger charge is 2.27. The Labute approximate surface area is 216 Å². The van der Waals surface area contributed by atoms with E-state index in [1.165, 1.54) is 5.56 Å². The third-order valence-corrected chi connectivity index (χ3v) is 7.47. The first-order valence-corrected chi connectivity index (χ1v) is 13.6. The summed E-state index contributed by atoms with van der Waals surface area (Å²) in [6.07, 6.45) is 3.35. The summed E-state index contributed by atoms with van der Waals surface area (Å²) in [5.41, 5.74) is 4.18. The zero-order valence-corrected chi connectivity index (χ0v) is 22.0. The van der Waals surface area contributed by atoms with Crippen LogP contribution in [-0.2, 0) is 17.8 Å². The number of methoxy groups -OCH3 is 1. The van der Waals surface area contributed by atoms with Crippen LogP contribution in [0.4, 0.5) is 11.4 Å². The number of para-hydroxylation sites is 2. The molecule has 0 radical (unpaired) electrons. The molecule has 1 aliphatic rings. The van der Waals surface area contributed by atoms with Crippen LogP contribution in [0.15, 0.2) is 65.7 Å². The van der Waals surface area contributed by atoms with Crippen molar-refractivity contribution in [2.24, 2.45) is 0 Å². The molecule has 3 aromatic rings. The Bertz CT molecular complexity index is 1160. The van der Waals surface area contributed by atoms with Crippen molar-refractivity contribution < 1.29 is 14.1 Å². The number of aryl methyl sites for hydroxylation is 2. The minimum Gasteiger partial charge on any atom is -0.587 e. The lowest BCUT2D eigenvalue weighted by Gasteiger charge is -2.36. The van der Waals surface area contributed by atoms with Gasteiger partial charge < -0.3 is 19.1 Å². The van der Waals surface area contributed by atoms with Crippen LogP contribution in [0.25, 0.3) is 0 Å². The Balaban J connectivity index is 1.40. The lowest BCUT2D eigenvalue weighted by Crippen LogP contribution is -2.49. The molecular formula is C28H34N4O3S. The number of hydrogen-bond acceptors (Lipinski definition) is 6. The van der Waals surface area contributed by atoms with E-state index >= 15 is 0 Å². The second-order valence-electron chi connectivity index (χ2n) is 8.94. The lowest BCUT2D eigenvalue weighted by atomic mass is 10.1. The first-order chi connectivity index (χ1) is 17.5. The Morgan fingerprint density at radius 1 is 1.06 bits per heavy atom. The molecule has 0 spiro atoms. The van der Waals surface area contributed by atoms with Crippen LogP contribution in [-0.4, -0.2) is 53.6 Å². The van der Waals surface area contributed by atoms with Gasteiger partial charge in [-0.1, -0.05) is 43.7 Å². The van der Waals surface area contributed by atoms with E-state index in [4.69, 9.17) is 4.74 Å². The highest BCUT2D eigenvalue weighted by atomic mass is 32.2. The molecule has 1 fully saturated rings. The highest BCUT2D eigenvalue weighted by Crippen LogP contribution is 2.28. The molecular weight excluding hydrogens is 472 g/mol. The summed E-state index contributed by atoms with van der Waals surface area (Å²) in [6.45, 7) is 6.59. The van der Waals surface area contributed by atoms with E-state index in [0.29, 0.717) is 36.9 Å². The molecule has 4 rings (SSSR count). The van der Waals surface area contributed by atoms with Gasteiger partial charge in [0.15, 0.2) is 0 Å². The van der Waals surface area contributed by atoms with E-state index in [0.717, 1.165) is 42.0 Å². The number of pyridine rings is 1. The standard InChI is InChI=1S/C28H34N4O3S/c1-4-5-8-22-12-14-23(15-13-22)30-36(34)26-16-11-21(2)27(29-26)28(33)32-19-17-31(18-20-32)24-9-6-7-10-25(24)35-3/h6-7,9-16,30H,4-5,8,17-20H2,1-3H3. The summed E-state index contributed by atoms with van der Waals surface area (Å²) < 4.78 is 21.5. The Morgan fingerprint density at radius 3 is 2.47 bits per heavy atom. The number of benzene rings is 2. The summed E-state index contributed by atoms with van der Waals surface area (Å²) in [5.74, 6) is 0.694. The normalized spacial score (nSPS) is 14.4. The maximum absolute atomic E-state index is 13.3.